The first-order chi connectivity index (χ1) is 10.9. The zero-order valence-corrected chi connectivity index (χ0v) is 13.0. The fraction of sp³-hybridized carbons (Fsp3) is 0.471. The number of fused-ring (bicyclic) bond motifs is 1. The average Bonchev–Trinajstić information content (AvgIpc) is 3.02. The molecule has 1 aliphatic rings. The van der Waals surface area contributed by atoms with Gasteiger partial charge in [0.05, 0.1) is 31.6 Å². The molecule has 0 spiro atoms. The van der Waals surface area contributed by atoms with Crippen LogP contribution >= 0.6 is 0 Å². The van der Waals surface area contributed by atoms with E-state index >= 15 is 0 Å². The van der Waals surface area contributed by atoms with Crippen molar-refractivity contribution >= 4 is 0 Å². The first-order valence-corrected chi connectivity index (χ1v) is 7.72. The summed E-state index contributed by atoms with van der Waals surface area (Å²) in [6.45, 7) is 4.91. The molecule has 2 heterocycles. The van der Waals surface area contributed by atoms with Gasteiger partial charge in [0.2, 0.25) is 0 Å². The Balaban J connectivity index is 1.47. The number of nitrogens with zero attached hydrogens (tertiary/aromatic N) is 3. The lowest BCUT2D eigenvalue weighted by Gasteiger charge is -2.33. The van der Waals surface area contributed by atoms with Crippen LogP contribution in [0, 0.1) is 0 Å². The van der Waals surface area contributed by atoms with Gasteiger partial charge in [-0.15, -0.1) is 0 Å². The molecule has 2 aromatic rings. The lowest BCUT2D eigenvalue weighted by molar-refractivity contribution is 0.0574. The molecule has 0 fully saturated rings. The fourth-order valence-electron chi connectivity index (χ4n) is 2.91. The standard InChI is InChI=1S/C17H23N3O2/c1-21-14-17-12-19(11-16-7-8-18-20(16)17)9-10-22-13-15-5-3-2-4-6-15/h2-8,17H,9-14H2,1H3. The Morgan fingerprint density at radius 2 is 2.09 bits per heavy atom. The lowest BCUT2D eigenvalue weighted by atomic mass is 10.2. The van der Waals surface area contributed by atoms with Crippen LogP contribution < -0.4 is 0 Å². The van der Waals surface area contributed by atoms with E-state index in [0.717, 1.165) is 26.2 Å². The van der Waals surface area contributed by atoms with Crippen LogP contribution in [0.1, 0.15) is 17.3 Å². The minimum Gasteiger partial charge on any atom is -0.382 e. The zero-order chi connectivity index (χ0) is 15.2. The molecule has 1 unspecified atom stereocenters. The highest BCUT2D eigenvalue weighted by molar-refractivity contribution is 5.13. The molecule has 0 bridgehead atoms. The third-order valence-corrected chi connectivity index (χ3v) is 3.98. The predicted octanol–water partition coefficient (Wildman–Crippen LogP) is 2.10. The molecule has 1 aromatic heterocycles. The summed E-state index contributed by atoms with van der Waals surface area (Å²) in [6.07, 6.45) is 1.87. The summed E-state index contributed by atoms with van der Waals surface area (Å²) in [5.41, 5.74) is 2.47. The summed E-state index contributed by atoms with van der Waals surface area (Å²) >= 11 is 0. The largest absolute Gasteiger partial charge is 0.382 e. The molecule has 1 atom stereocenters. The van der Waals surface area contributed by atoms with E-state index in [1.54, 1.807) is 7.11 Å². The minimum absolute atomic E-state index is 0.290. The van der Waals surface area contributed by atoms with E-state index < -0.39 is 0 Å². The Kier molecular flexibility index (Phi) is 5.21. The van der Waals surface area contributed by atoms with Crippen LogP contribution in [0.25, 0.3) is 0 Å². The Labute approximate surface area is 131 Å². The van der Waals surface area contributed by atoms with Crippen LogP contribution in [0.15, 0.2) is 42.6 Å². The normalized spacial score (nSPS) is 18.3. The van der Waals surface area contributed by atoms with Crippen molar-refractivity contribution in [3.63, 3.8) is 0 Å². The molecular weight excluding hydrogens is 278 g/mol. The molecule has 5 heteroatoms. The molecule has 5 nitrogen and oxygen atoms in total. The summed E-state index contributed by atoms with van der Waals surface area (Å²) in [6, 6.07) is 12.7. The van der Waals surface area contributed by atoms with Crippen LogP contribution in [-0.2, 0) is 22.6 Å². The van der Waals surface area contributed by atoms with Gasteiger partial charge in [0.1, 0.15) is 0 Å². The van der Waals surface area contributed by atoms with Gasteiger partial charge in [-0.3, -0.25) is 9.58 Å². The molecule has 118 valence electrons. The van der Waals surface area contributed by atoms with Crippen LogP contribution in [0.3, 0.4) is 0 Å². The van der Waals surface area contributed by atoms with Crippen molar-refractivity contribution in [3.05, 3.63) is 53.9 Å². The van der Waals surface area contributed by atoms with Gasteiger partial charge in [0.25, 0.3) is 0 Å². The summed E-state index contributed by atoms with van der Waals surface area (Å²) in [5, 5.41) is 4.41. The summed E-state index contributed by atoms with van der Waals surface area (Å²) in [4.78, 5) is 2.41. The summed E-state index contributed by atoms with van der Waals surface area (Å²) < 4.78 is 13.2. The number of ether oxygens (including phenoxy) is 2. The maximum atomic E-state index is 5.79. The van der Waals surface area contributed by atoms with E-state index in [1.165, 1.54) is 11.3 Å². The van der Waals surface area contributed by atoms with E-state index in [0.29, 0.717) is 13.2 Å². The fourth-order valence-corrected chi connectivity index (χ4v) is 2.91. The molecule has 1 aromatic carbocycles. The van der Waals surface area contributed by atoms with Crippen LogP contribution in [-0.4, -0.2) is 48.1 Å². The number of methoxy groups -OCH3 is 1. The Morgan fingerprint density at radius 3 is 2.91 bits per heavy atom. The highest BCUT2D eigenvalue weighted by Crippen LogP contribution is 2.20. The number of hydrogen-bond acceptors (Lipinski definition) is 4. The molecule has 0 radical (unpaired) electrons. The zero-order valence-electron chi connectivity index (χ0n) is 13.0. The quantitative estimate of drug-likeness (QED) is 0.734. The lowest BCUT2D eigenvalue weighted by Crippen LogP contribution is -2.40. The summed E-state index contributed by atoms with van der Waals surface area (Å²) in [5.74, 6) is 0. The van der Waals surface area contributed by atoms with Crippen molar-refractivity contribution in [1.29, 1.82) is 0 Å². The number of benzene rings is 1. The Hall–Kier alpha value is -1.69. The Morgan fingerprint density at radius 1 is 1.23 bits per heavy atom. The van der Waals surface area contributed by atoms with Gasteiger partial charge >= 0.3 is 0 Å². The second-order valence-corrected chi connectivity index (χ2v) is 5.65. The van der Waals surface area contributed by atoms with Crippen LogP contribution in [0.4, 0.5) is 0 Å². The Bertz CT molecular complexity index is 570. The van der Waals surface area contributed by atoms with E-state index in [2.05, 4.69) is 32.9 Å². The highest BCUT2D eigenvalue weighted by atomic mass is 16.5. The SMILES string of the molecule is COCC1CN(CCOCc2ccccc2)Cc2ccnn21. The van der Waals surface area contributed by atoms with Gasteiger partial charge in [-0.25, -0.2) is 0 Å². The van der Waals surface area contributed by atoms with E-state index in [1.807, 2.05) is 24.4 Å². The molecule has 0 saturated heterocycles. The maximum Gasteiger partial charge on any atom is 0.0882 e. The third-order valence-electron chi connectivity index (χ3n) is 3.98. The van der Waals surface area contributed by atoms with Crippen LogP contribution in [0.5, 0.6) is 0 Å². The average molecular weight is 301 g/mol. The molecule has 0 amide bonds. The van der Waals surface area contributed by atoms with Gasteiger partial charge in [-0.2, -0.15) is 5.10 Å². The van der Waals surface area contributed by atoms with Crippen molar-refractivity contribution < 1.29 is 9.47 Å². The number of hydrogen-bond donors (Lipinski definition) is 0. The monoisotopic (exact) mass is 301 g/mol. The smallest absolute Gasteiger partial charge is 0.0882 e. The molecular formula is C17H23N3O2. The molecule has 3 rings (SSSR count). The van der Waals surface area contributed by atoms with Gasteiger partial charge in [-0.1, -0.05) is 30.3 Å². The highest BCUT2D eigenvalue weighted by Gasteiger charge is 2.24. The maximum absolute atomic E-state index is 5.79. The number of rotatable bonds is 7. The van der Waals surface area contributed by atoms with Gasteiger partial charge < -0.3 is 9.47 Å². The van der Waals surface area contributed by atoms with Gasteiger partial charge in [-0.05, 0) is 11.6 Å². The molecule has 22 heavy (non-hydrogen) atoms. The van der Waals surface area contributed by atoms with Crippen molar-refractivity contribution in [3.8, 4) is 0 Å². The molecule has 0 saturated carbocycles. The van der Waals surface area contributed by atoms with Crippen LogP contribution in [0.2, 0.25) is 0 Å². The predicted molar refractivity (Wildman–Crippen MR) is 84.5 cm³/mol. The van der Waals surface area contributed by atoms with Gasteiger partial charge in [0, 0.05) is 32.9 Å². The first-order valence-electron chi connectivity index (χ1n) is 7.72. The minimum atomic E-state index is 0.290. The van der Waals surface area contributed by atoms with E-state index in [4.69, 9.17) is 9.47 Å². The first kappa shape index (κ1) is 15.2. The second-order valence-electron chi connectivity index (χ2n) is 5.65. The third kappa shape index (κ3) is 3.74. The molecule has 1 aliphatic heterocycles. The topological polar surface area (TPSA) is 39.5 Å². The molecule has 0 N–H and O–H groups in total. The van der Waals surface area contributed by atoms with Gasteiger partial charge in [0.15, 0.2) is 0 Å². The second kappa shape index (κ2) is 7.54. The molecule has 0 aliphatic carbocycles. The summed E-state index contributed by atoms with van der Waals surface area (Å²) in [7, 11) is 1.74. The van der Waals surface area contributed by atoms with E-state index in [9.17, 15) is 0 Å². The van der Waals surface area contributed by atoms with E-state index in [-0.39, 0.29) is 6.04 Å². The van der Waals surface area contributed by atoms with Crippen molar-refractivity contribution in [1.82, 2.24) is 14.7 Å². The number of aromatic nitrogens is 2. The van der Waals surface area contributed by atoms with Crippen molar-refractivity contribution in [2.75, 3.05) is 33.4 Å². The van der Waals surface area contributed by atoms with Crippen molar-refractivity contribution in [2.24, 2.45) is 0 Å². The van der Waals surface area contributed by atoms with Crippen molar-refractivity contribution in [2.45, 2.75) is 19.2 Å².